The molecule has 0 bridgehead atoms. The predicted molar refractivity (Wildman–Crippen MR) is 212 cm³/mol. The Morgan fingerprint density at radius 1 is 0.449 bits per heavy atom. The molecular formula is C47H33NS. The van der Waals surface area contributed by atoms with E-state index in [1.54, 1.807) is 0 Å². The zero-order chi connectivity index (χ0) is 32.7. The second-order valence-corrected chi connectivity index (χ2v) is 14.8. The van der Waals surface area contributed by atoms with Crippen LogP contribution in [0.3, 0.4) is 0 Å². The van der Waals surface area contributed by atoms with Crippen LogP contribution in [0.2, 0.25) is 0 Å². The van der Waals surface area contributed by atoms with Gasteiger partial charge < -0.3 is 4.90 Å². The summed E-state index contributed by atoms with van der Waals surface area (Å²) in [6, 6.07) is 60.6. The van der Waals surface area contributed by atoms with Gasteiger partial charge in [-0.3, -0.25) is 0 Å². The number of benzene rings is 8. The Labute approximate surface area is 290 Å². The standard InChI is InChI=1S/C47H33NS/c1-47(2)41-20-9-7-15-36(41)40-28-33(26-27-42(40)47)48(32-24-22-31(23-25-32)35-19-11-13-30-12-3-4-14-34(30)35)43-29-45-46(38-17-6-5-16-37(38)43)39-18-8-10-21-44(39)49-45/h3-29H,1-2H3. The lowest BCUT2D eigenvalue weighted by atomic mass is 9.82. The van der Waals surface area contributed by atoms with Crippen LogP contribution in [0.15, 0.2) is 164 Å². The van der Waals surface area contributed by atoms with Gasteiger partial charge in [-0.15, -0.1) is 11.3 Å². The molecule has 0 saturated carbocycles. The van der Waals surface area contributed by atoms with E-state index in [2.05, 4.69) is 183 Å². The van der Waals surface area contributed by atoms with Gasteiger partial charge in [0.05, 0.1) is 5.69 Å². The van der Waals surface area contributed by atoms with Crippen LogP contribution in [0, 0.1) is 0 Å². The highest BCUT2D eigenvalue weighted by atomic mass is 32.1. The van der Waals surface area contributed by atoms with Crippen LogP contribution in [-0.4, -0.2) is 0 Å². The smallest absolute Gasteiger partial charge is 0.0554 e. The van der Waals surface area contributed by atoms with Crippen molar-refractivity contribution in [2.24, 2.45) is 0 Å². The third kappa shape index (κ3) is 4.24. The van der Waals surface area contributed by atoms with E-state index in [1.807, 2.05) is 11.3 Å². The SMILES string of the molecule is CC1(C)c2ccccc2-c2cc(N(c3ccc(-c4cccc5ccccc45)cc3)c3cc4sc5ccccc5c4c4ccccc34)ccc21. The van der Waals surface area contributed by atoms with E-state index in [4.69, 9.17) is 0 Å². The molecule has 232 valence electrons. The van der Waals surface area contributed by atoms with Gasteiger partial charge in [0.1, 0.15) is 0 Å². The zero-order valence-corrected chi connectivity index (χ0v) is 28.3. The number of hydrogen-bond acceptors (Lipinski definition) is 2. The Bertz CT molecular complexity index is 2740. The number of thiophene rings is 1. The summed E-state index contributed by atoms with van der Waals surface area (Å²) in [5.41, 5.74) is 11.4. The summed E-state index contributed by atoms with van der Waals surface area (Å²) in [7, 11) is 0. The second-order valence-electron chi connectivity index (χ2n) is 13.7. The van der Waals surface area contributed by atoms with E-state index in [0.717, 1.165) is 11.4 Å². The van der Waals surface area contributed by atoms with Crippen molar-refractivity contribution in [3.05, 3.63) is 175 Å². The molecule has 1 aromatic heterocycles. The fourth-order valence-electron chi connectivity index (χ4n) is 8.30. The average molecular weight is 644 g/mol. The normalized spacial score (nSPS) is 13.3. The van der Waals surface area contributed by atoms with Gasteiger partial charge in [0, 0.05) is 42.3 Å². The van der Waals surface area contributed by atoms with Gasteiger partial charge in [-0.05, 0) is 85.9 Å². The summed E-state index contributed by atoms with van der Waals surface area (Å²) < 4.78 is 2.63. The fourth-order valence-corrected chi connectivity index (χ4v) is 9.45. The third-order valence-electron chi connectivity index (χ3n) is 10.7. The fraction of sp³-hybridized carbons (Fsp3) is 0.0638. The maximum Gasteiger partial charge on any atom is 0.0554 e. The van der Waals surface area contributed by atoms with Crippen LogP contribution in [0.25, 0.3) is 64.0 Å². The lowest BCUT2D eigenvalue weighted by Gasteiger charge is -2.28. The molecule has 0 radical (unpaired) electrons. The van der Waals surface area contributed by atoms with Crippen molar-refractivity contribution < 1.29 is 0 Å². The molecule has 0 spiro atoms. The number of fused-ring (bicyclic) bond motifs is 9. The van der Waals surface area contributed by atoms with E-state index < -0.39 is 0 Å². The first-order valence-corrected chi connectivity index (χ1v) is 17.8. The van der Waals surface area contributed by atoms with E-state index in [-0.39, 0.29) is 5.41 Å². The maximum atomic E-state index is 2.48. The molecule has 0 amide bonds. The van der Waals surface area contributed by atoms with Crippen LogP contribution >= 0.6 is 11.3 Å². The molecule has 0 atom stereocenters. The molecule has 0 fully saturated rings. The summed E-state index contributed by atoms with van der Waals surface area (Å²) >= 11 is 1.88. The maximum absolute atomic E-state index is 2.48. The van der Waals surface area contributed by atoms with Crippen molar-refractivity contribution in [2.45, 2.75) is 19.3 Å². The molecule has 1 aliphatic carbocycles. The van der Waals surface area contributed by atoms with Gasteiger partial charge in [0.2, 0.25) is 0 Å². The van der Waals surface area contributed by atoms with E-state index in [1.165, 1.54) is 80.8 Å². The summed E-state index contributed by atoms with van der Waals surface area (Å²) in [4.78, 5) is 2.48. The van der Waals surface area contributed by atoms with Gasteiger partial charge in [-0.1, -0.05) is 141 Å². The van der Waals surface area contributed by atoms with Crippen LogP contribution in [0.1, 0.15) is 25.0 Å². The van der Waals surface area contributed by atoms with Crippen molar-refractivity contribution in [1.29, 1.82) is 0 Å². The largest absolute Gasteiger partial charge is 0.310 e. The summed E-state index contributed by atoms with van der Waals surface area (Å²) in [5.74, 6) is 0. The number of rotatable bonds is 4. The van der Waals surface area contributed by atoms with Crippen molar-refractivity contribution in [3.63, 3.8) is 0 Å². The Morgan fingerprint density at radius 2 is 1.08 bits per heavy atom. The number of hydrogen-bond donors (Lipinski definition) is 0. The summed E-state index contributed by atoms with van der Waals surface area (Å²) in [6.07, 6.45) is 0. The van der Waals surface area contributed by atoms with Crippen LogP contribution in [-0.2, 0) is 5.41 Å². The van der Waals surface area contributed by atoms with Crippen molar-refractivity contribution in [3.8, 4) is 22.3 Å². The molecule has 10 rings (SSSR count). The van der Waals surface area contributed by atoms with Crippen molar-refractivity contribution in [2.75, 3.05) is 4.90 Å². The molecule has 1 aliphatic rings. The minimum atomic E-state index is -0.0436. The van der Waals surface area contributed by atoms with Crippen molar-refractivity contribution >= 4 is 70.1 Å². The first kappa shape index (κ1) is 28.3. The van der Waals surface area contributed by atoms with Gasteiger partial charge in [-0.25, -0.2) is 0 Å². The third-order valence-corrected chi connectivity index (χ3v) is 11.8. The quantitative estimate of drug-likeness (QED) is 0.184. The topological polar surface area (TPSA) is 3.24 Å². The summed E-state index contributed by atoms with van der Waals surface area (Å²) in [6.45, 7) is 4.70. The number of anilines is 3. The van der Waals surface area contributed by atoms with Gasteiger partial charge in [0.15, 0.2) is 0 Å². The lowest BCUT2D eigenvalue weighted by Crippen LogP contribution is -2.15. The van der Waals surface area contributed by atoms with Crippen LogP contribution in [0.5, 0.6) is 0 Å². The monoisotopic (exact) mass is 643 g/mol. The molecule has 8 aromatic carbocycles. The lowest BCUT2D eigenvalue weighted by molar-refractivity contribution is 0.660. The van der Waals surface area contributed by atoms with Gasteiger partial charge in [0.25, 0.3) is 0 Å². The Kier molecular flexibility index (Phi) is 6.16. The molecular weight excluding hydrogens is 611 g/mol. The molecule has 0 aliphatic heterocycles. The number of nitrogens with zero attached hydrogens (tertiary/aromatic N) is 1. The van der Waals surface area contributed by atoms with Crippen molar-refractivity contribution in [1.82, 2.24) is 0 Å². The molecule has 1 nitrogen and oxygen atoms in total. The van der Waals surface area contributed by atoms with Crippen LogP contribution in [0.4, 0.5) is 17.1 Å². The Balaban J connectivity index is 1.22. The predicted octanol–water partition coefficient (Wildman–Crippen LogP) is 13.8. The average Bonchev–Trinajstić information content (AvgIpc) is 3.64. The molecule has 2 heteroatoms. The van der Waals surface area contributed by atoms with Crippen LogP contribution < -0.4 is 4.90 Å². The zero-order valence-electron chi connectivity index (χ0n) is 27.4. The van der Waals surface area contributed by atoms with E-state index in [0.29, 0.717) is 0 Å². The Morgan fingerprint density at radius 3 is 1.94 bits per heavy atom. The first-order chi connectivity index (χ1) is 24.1. The minimum Gasteiger partial charge on any atom is -0.310 e. The molecule has 49 heavy (non-hydrogen) atoms. The molecule has 9 aromatic rings. The molecule has 0 unspecified atom stereocenters. The van der Waals surface area contributed by atoms with Gasteiger partial charge >= 0.3 is 0 Å². The van der Waals surface area contributed by atoms with E-state index in [9.17, 15) is 0 Å². The highest BCUT2D eigenvalue weighted by molar-refractivity contribution is 7.26. The van der Waals surface area contributed by atoms with E-state index >= 15 is 0 Å². The first-order valence-electron chi connectivity index (χ1n) is 17.0. The molecule has 0 N–H and O–H groups in total. The summed E-state index contributed by atoms with van der Waals surface area (Å²) in [5, 5.41) is 7.74. The minimum absolute atomic E-state index is 0.0436. The van der Waals surface area contributed by atoms with Gasteiger partial charge in [-0.2, -0.15) is 0 Å². The Hall–Kier alpha value is -5.70. The molecule has 1 heterocycles. The highest BCUT2D eigenvalue weighted by Crippen LogP contribution is 2.52. The highest BCUT2D eigenvalue weighted by Gasteiger charge is 2.35. The second kappa shape index (κ2) is 10.7. The molecule has 0 saturated heterocycles.